The van der Waals surface area contributed by atoms with Gasteiger partial charge in [-0.3, -0.25) is 4.79 Å². The van der Waals surface area contributed by atoms with Crippen molar-refractivity contribution in [1.82, 2.24) is 4.90 Å². The number of hydrogen-bond donors (Lipinski definition) is 0. The summed E-state index contributed by atoms with van der Waals surface area (Å²) in [6.07, 6.45) is 0.970. The van der Waals surface area contributed by atoms with Gasteiger partial charge in [0.25, 0.3) is 0 Å². The Morgan fingerprint density at radius 1 is 1.36 bits per heavy atom. The van der Waals surface area contributed by atoms with Crippen LogP contribution in [0, 0.1) is 0 Å². The van der Waals surface area contributed by atoms with E-state index in [4.69, 9.17) is 0 Å². The van der Waals surface area contributed by atoms with Crippen LogP contribution in [-0.2, 0) is 4.79 Å². The minimum atomic E-state index is 0.271. The summed E-state index contributed by atoms with van der Waals surface area (Å²) in [7, 11) is 0. The van der Waals surface area contributed by atoms with E-state index in [1.165, 1.54) is 5.56 Å². The first-order chi connectivity index (χ1) is 6.92. The molecule has 0 spiro atoms. The highest BCUT2D eigenvalue weighted by molar-refractivity contribution is 7.99. The molecule has 14 heavy (non-hydrogen) atoms. The molecule has 0 aliphatic carbocycles. The molecule has 1 saturated heterocycles. The van der Waals surface area contributed by atoms with Crippen molar-refractivity contribution in [2.45, 2.75) is 6.04 Å². The maximum absolute atomic E-state index is 10.9. The number of thioether (sulfide) groups is 1. The Labute approximate surface area is 88.3 Å². The van der Waals surface area contributed by atoms with Crippen molar-refractivity contribution in [3.8, 4) is 0 Å². The molecule has 1 aromatic rings. The van der Waals surface area contributed by atoms with E-state index in [1.54, 1.807) is 0 Å². The Morgan fingerprint density at radius 2 is 2.14 bits per heavy atom. The van der Waals surface area contributed by atoms with E-state index < -0.39 is 0 Å². The van der Waals surface area contributed by atoms with E-state index in [-0.39, 0.29) is 6.04 Å². The molecule has 1 aromatic carbocycles. The SMILES string of the molecule is O=CN1CCSCC1c1ccccc1. The summed E-state index contributed by atoms with van der Waals surface area (Å²) in [5, 5.41) is 0. The topological polar surface area (TPSA) is 20.3 Å². The van der Waals surface area contributed by atoms with Gasteiger partial charge in [0.2, 0.25) is 6.41 Å². The number of rotatable bonds is 2. The molecule has 1 fully saturated rings. The molecule has 3 heteroatoms. The van der Waals surface area contributed by atoms with Gasteiger partial charge in [-0.05, 0) is 5.56 Å². The number of amides is 1. The Hall–Kier alpha value is -0.960. The van der Waals surface area contributed by atoms with E-state index in [0.717, 1.165) is 24.5 Å². The van der Waals surface area contributed by atoms with Gasteiger partial charge in [-0.2, -0.15) is 11.8 Å². The van der Waals surface area contributed by atoms with E-state index in [1.807, 2.05) is 34.9 Å². The molecule has 1 amide bonds. The Bertz CT molecular complexity index is 301. The molecular formula is C11H13NOS. The van der Waals surface area contributed by atoms with Gasteiger partial charge in [0.1, 0.15) is 0 Å². The largest absolute Gasteiger partial charge is 0.337 e. The van der Waals surface area contributed by atoms with E-state index in [0.29, 0.717) is 0 Å². The monoisotopic (exact) mass is 207 g/mol. The second kappa shape index (κ2) is 4.51. The number of carbonyl (C=O) groups is 1. The van der Waals surface area contributed by atoms with Crippen molar-refractivity contribution in [1.29, 1.82) is 0 Å². The van der Waals surface area contributed by atoms with Crippen LogP contribution < -0.4 is 0 Å². The number of hydrogen-bond acceptors (Lipinski definition) is 2. The van der Waals surface area contributed by atoms with Crippen molar-refractivity contribution in [2.24, 2.45) is 0 Å². The second-order valence-electron chi connectivity index (χ2n) is 3.34. The maximum atomic E-state index is 10.9. The van der Waals surface area contributed by atoms with Crippen molar-refractivity contribution in [3.63, 3.8) is 0 Å². The average molecular weight is 207 g/mol. The molecule has 2 rings (SSSR count). The summed E-state index contributed by atoms with van der Waals surface area (Å²) in [5.74, 6) is 2.07. The third-order valence-electron chi connectivity index (χ3n) is 2.49. The van der Waals surface area contributed by atoms with Crippen LogP contribution in [0.25, 0.3) is 0 Å². The number of nitrogens with zero attached hydrogens (tertiary/aromatic N) is 1. The van der Waals surface area contributed by atoms with Crippen molar-refractivity contribution >= 4 is 18.2 Å². The van der Waals surface area contributed by atoms with Crippen LogP contribution >= 0.6 is 11.8 Å². The molecule has 1 unspecified atom stereocenters. The lowest BCUT2D eigenvalue weighted by molar-refractivity contribution is -0.119. The fourth-order valence-corrected chi connectivity index (χ4v) is 2.82. The molecule has 1 heterocycles. The first kappa shape index (κ1) is 9.59. The third kappa shape index (κ3) is 1.93. The zero-order chi connectivity index (χ0) is 9.80. The van der Waals surface area contributed by atoms with E-state index in [9.17, 15) is 4.79 Å². The molecule has 2 nitrogen and oxygen atoms in total. The first-order valence-corrected chi connectivity index (χ1v) is 5.91. The van der Waals surface area contributed by atoms with Gasteiger partial charge in [0, 0.05) is 18.1 Å². The number of carbonyl (C=O) groups excluding carboxylic acids is 1. The Morgan fingerprint density at radius 3 is 2.86 bits per heavy atom. The summed E-state index contributed by atoms with van der Waals surface area (Å²) < 4.78 is 0. The summed E-state index contributed by atoms with van der Waals surface area (Å²) in [5.41, 5.74) is 1.24. The fraction of sp³-hybridized carbons (Fsp3) is 0.364. The molecule has 1 atom stereocenters. The lowest BCUT2D eigenvalue weighted by Gasteiger charge is -2.32. The van der Waals surface area contributed by atoms with Gasteiger partial charge in [-0.25, -0.2) is 0 Å². The van der Waals surface area contributed by atoms with Crippen LogP contribution in [0.4, 0.5) is 0 Å². The summed E-state index contributed by atoms with van der Waals surface area (Å²) >= 11 is 1.92. The summed E-state index contributed by atoms with van der Waals surface area (Å²) in [4.78, 5) is 12.8. The first-order valence-electron chi connectivity index (χ1n) is 4.75. The van der Waals surface area contributed by atoms with E-state index >= 15 is 0 Å². The summed E-state index contributed by atoms with van der Waals surface area (Å²) in [6.45, 7) is 0.869. The van der Waals surface area contributed by atoms with Crippen LogP contribution in [0.5, 0.6) is 0 Å². The average Bonchev–Trinajstić information content (AvgIpc) is 2.30. The lowest BCUT2D eigenvalue weighted by Crippen LogP contribution is -2.34. The molecule has 74 valence electrons. The minimum Gasteiger partial charge on any atom is -0.337 e. The van der Waals surface area contributed by atoms with Gasteiger partial charge in [-0.1, -0.05) is 30.3 Å². The highest BCUT2D eigenvalue weighted by Gasteiger charge is 2.22. The summed E-state index contributed by atoms with van der Waals surface area (Å²) in [6, 6.07) is 10.5. The Kier molecular flexibility index (Phi) is 3.09. The van der Waals surface area contributed by atoms with Crippen LogP contribution in [0.15, 0.2) is 30.3 Å². The van der Waals surface area contributed by atoms with E-state index in [2.05, 4.69) is 12.1 Å². The van der Waals surface area contributed by atoms with Crippen LogP contribution in [-0.4, -0.2) is 29.4 Å². The van der Waals surface area contributed by atoms with Crippen LogP contribution in [0.1, 0.15) is 11.6 Å². The smallest absolute Gasteiger partial charge is 0.210 e. The van der Waals surface area contributed by atoms with Gasteiger partial charge in [-0.15, -0.1) is 0 Å². The zero-order valence-electron chi connectivity index (χ0n) is 7.93. The predicted molar refractivity (Wildman–Crippen MR) is 59.3 cm³/mol. The maximum Gasteiger partial charge on any atom is 0.210 e. The lowest BCUT2D eigenvalue weighted by atomic mass is 10.1. The molecule has 1 aliphatic rings. The van der Waals surface area contributed by atoms with Gasteiger partial charge in [0.15, 0.2) is 0 Å². The molecule has 0 bridgehead atoms. The highest BCUT2D eigenvalue weighted by atomic mass is 32.2. The molecule has 0 saturated carbocycles. The van der Waals surface area contributed by atoms with Gasteiger partial charge in [0.05, 0.1) is 6.04 Å². The molecule has 0 radical (unpaired) electrons. The number of benzene rings is 1. The second-order valence-corrected chi connectivity index (χ2v) is 4.49. The molecule has 0 N–H and O–H groups in total. The fourth-order valence-electron chi connectivity index (χ4n) is 1.71. The van der Waals surface area contributed by atoms with Crippen molar-refractivity contribution < 1.29 is 4.79 Å². The predicted octanol–water partition coefficient (Wildman–Crippen LogP) is 1.93. The van der Waals surface area contributed by atoms with Crippen molar-refractivity contribution in [3.05, 3.63) is 35.9 Å². The molecule has 0 aromatic heterocycles. The Balaban J connectivity index is 2.19. The minimum absolute atomic E-state index is 0.271. The van der Waals surface area contributed by atoms with Crippen LogP contribution in [0.3, 0.4) is 0 Å². The van der Waals surface area contributed by atoms with Crippen molar-refractivity contribution in [2.75, 3.05) is 18.1 Å². The normalized spacial score (nSPS) is 22.0. The molecule has 1 aliphatic heterocycles. The zero-order valence-corrected chi connectivity index (χ0v) is 8.74. The highest BCUT2D eigenvalue weighted by Crippen LogP contribution is 2.27. The quantitative estimate of drug-likeness (QED) is 0.691. The van der Waals surface area contributed by atoms with Crippen LogP contribution in [0.2, 0.25) is 0 Å². The third-order valence-corrected chi connectivity index (χ3v) is 3.51. The van der Waals surface area contributed by atoms with Gasteiger partial charge >= 0.3 is 0 Å². The standard InChI is InChI=1S/C11H13NOS/c13-9-12-6-7-14-8-11(12)10-4-2-1-3-5-10/h1-5,9,11H,6-8H2. The molecular weight excluding hydrogens is 194 g/mol. The van der Waals surface area contributed by atoms with Gasteiger partial charge < -0.3 is 4.90 Å².